The second-order valence-corrected chi connectivity index (χ2v) is 6.45. The van der Waals surface area contributed by atoms with Gasteiger partial charge in [0.05, 0.1) is 6.42 Å². The number of aliphatic carboxylic acids is 1. The van der Waals surface area contributed by atoms with E-state index in [-0.39, 0.29) is 12.3 Å². The second kappa shape index (κ2) is 6.92. The Kier molecular flexibility index (Phi) is 5.22. The topological polar surface area (TPSA) is 37.3 Å². The predicted molar refractivity (Wildman–Crippen MR) is 82.1 cm³/mol. The highest BCUT2D eigenvalue weighted by atomic mass is 16.4. The van der Waals surface area contributed by atoms with Crippen molar-refractivity contribution in [1.82, 2.24) is 0 Å². The van der Waals surface area contributed by atoms with Gasteiger partial charge in [-0.05, 0) is 41.7 Å². The van der Waals surface area contributed by atoms with Gasteiger partial charge in [0.25, 0.3) is 0 Å². The molecule has 0 saturated heterocycles. The molecule has 1 N–H and O–H groups in total. The van der Waals surface area contributed by atoms with Crippen molar-refractivity contribution in [3.8, 4) is 0 Å². The van der Waals surface area contributed by atoms with Crippen molar-refractivity contribution >= 4 is 5.97 Å². The number of hydrogen-bond acceptors (Lipinski definition) is 1. The fraction of sp³-hybridized carbons (Fsp3) is 0.611. The number of benzene rings is 1. The molecule has 1 atom stereocenters. The molecule has 110 valence electrons. The van der Waals surface area contributed by atoms with Gasteiger partial charge in [0.15, 0.2) is 0 Å². The Bertz CT molecular complexity index is 427. The van der Waals surface area contributed by atoms with Gasteiger partial charge in [0.2, 0.25) is 0 Å². The summed E-state index contributed by atoms with van der Waals surface area (Å²) in [4.78, 5) is 11.0. The largest absolute Gasteiger partial charge is 0.481 e. The van der Waals surface area contributed by atoms with E-state index >= 15 is 0 Å². The third kappa shape index (κ3) is 3.84. The Morgan fingerprint density at radius 1 is 1.15 bits per heavy atom. The van der Waals surface area contributed by atoms with E-state index in [0.29, 0.717) is 5.92 Å². The van der Waals surface area contributed by atoms with Crippen molar-refractivity contribution in [2.24, 2.45) is 5.92 Å². The summed E-state index contributed by atoms with van der Waals surface area (Å²) in [6, 6.07) is 8.75. The average molecular weight is 274 g/mol. The molecule has 0 amide bonds. The Morgan fingerprint density at radius 3 is 2.25 bits per heavy atom. The highest BCUT2D eigenvalue weighted by Gasteiger charge is 2.20. The third-order valence-corrected chi connectivity index (χ3v) is 4.64. The molecule has 2 rings (SSSR count). The molecule has 1 aromatic rings. The van der Waals surface area contributed by atoms with Crippen LogP contribution >= 0.6 is 0 Å². The van der Waals surface area contributed by atoms with Gasteiger partial charge in [-0.3, -0.25) is 4.79 Å². The lowest BCUT2D eigenvalue weighted by Gasteiger charge is -2.24. The summed E-state index contributed by atoms with van der Waals surface area (Å²) in [5, 5.41) is 9.05. The fourth-order valence-corrected chi connectivity index (χ4v) is 3.38. The van der Waals surface area contributed by atoms with Gasteiger partial charge < -0.3 is 5.11 Å². The van der Waals surface area contributed by atoms with Crippen LogP contribution in [0.5, 0.6) is 0 Å². The lowest BCUT2D eigenvalue weighted by Crippen LogP contribution is -2.12. The minimum atomic E-state index is -0.708. The zero-order chi connectivity index (χ0) is 14.5. The van der Waals surface area contributed by atoms with Crippen LogP contribution in [0.3, 0.4) is 0 Å². The molecule has 0 heterocycles. The molecule has 0 aromatic heterocycles. The van der Waals surface area contributed by atoms with Crippen molar-refractivity contribution in [2.45, 2.75) is 64.2 Å². The van der Waals surface area contributed by atoms with E-state index in [1.54, 1.807) is 0 Å². The Hall–Kier alpha value is -1.31. The minimum absolute atomic E-state index is 0.118. The van der Waals surface area contributed by atoms with Gasteiger partial charge >= 0.3 is 5.97 Å². The Morgan fingerprint density at radius 2 is 1.75 bits per heavy atom. The third-order valence-electron chi connectivity index (χ3n) is 4.64. The van der Waals surface area contributed by atoms with Crippen molar-refractivity contribution in [3.05, 3.63) is 35.4 Å². The summed E-state index contributed by atoms with van der Waals surface area (Å²) >= 11 is 0. The molecule has 20 heavy (non-hydrogen) atoms. The van der Waals surface area contributed by atoms with E-state index < -0.39 is 5.97 Å². The SMILES string of the molecule is CC(C)[C@@H](CC(=O)O)c1ccc(C2CCCCC2)cc1. The van der Waals surface area contributed by atoms with E-state index in [2.05, 4.69) is 38.1 Å². The van der Waals surface area contributed by atoms with E-state index in [1.165, 1.54) is 43.2 Å². The first-order valence-corrected chi connectivity index (χ1v) is 7.89. The maximum Gasteiger partial charge on any atom is 0.303 e. The molecule has 2 nitrogen and oxygen atoms in total. The maximum absolute atomic E-state index is 11.0. The molecule has 2 heteroatoms. The number of carboxylic acids is 1. The Balaban J connectivity index is 2.10. The summed E-state index contributed by atoms with van der Waals surface area (Å²) in [5.41, 5.74) is 2.60. The van der Waals surface area contributed by atoms with Gasteiger partial charge in [-0.25, -0.2) is 0 Å². The number of carboxylic acid groups (broad SMARTS) is 1. The van der Waals surface area contributed by atoms with Gasteiger partial charge in [-0.1, -0.05) is 57.4 Å². The molecule has 0 bridgehead atoms. The van der Waals surface area contributed by atoms with Crippen LogP contribution in [0.4, 0.5) is 0 Å². The zero-order valence-corrected chi connectivity index (χ0v) is 12.6. The molecular formula is C18H26O2. The van der Waals surface area contributed by atoms with E-state index in [4.69, 9.17) is 5.11 Å². The lowest BCUT2D eigenvalue weighted by molar-refractivity contribution is -0.137. The summed E-state index contributed by atoms with van der Waals surface area (Å²) in [6.45, 7) is 4.20. The molecule has 0 aliphatic heterocycles. The van der Waals surface area contributed by atoms with Crippen LogP contribution in [0.1, 0.15) is 75.3 Å². The van der Waals surface area contributed by atoms with E-state index in [0.717, 1.165) is 5.92 Å². The monoisotopic (exact) mass is 274 g/mol. The molecule has 0 unspecified atom stereocenters. The first-order chi connectivity index (χ1) is 9.58. The van der Waals surface area contributed by atoms with Crippen LogP contribution < -0.4 is 0 Å². The maximum atomic E-state index is 11.0. The smallest absolute Gasteiger partial charge is 0.303 e. The van der Waals surface area contributed by atoms with Crippen LogP contribution in [0.25, 0.3) is 0 Å². The highest BCUT2D eigenvalue weighted by molar-refractivity contribution is 5.68. The first kappa shape index (κ1) is 15.1. The molecule has 1 aliphatic rings. The number of carbonyl (C=O) groups is 1. The molecule has 0 radical (unpaired) electrons. The van der Waals surface area contributed by atoms with Crippen LogP contribution in [0.15, 0.2) is 24.3 Å². The van der Waals surface area contributed by atoms with E-state index in [1.807, 2.05) is 0 Å². The molecule has 0 spiro atoms. The molecule has 1 saturated carbocycles. The van der Waals surface area contributed by atoms with Crippen LogP contribution in [-0.4, -0.2) is 11.1 Å². The van der Waals surface area contributed by atoms with Crippen molar-refractivity contribution in [1.29, 1.82) is 0 Å². The lowest BCUT2D eigenvalue weighted by atomic mass is 9.81. The van der Waals surface area contributed by atoms with E-state index in [9.17, 15) is 4.79 Å². The normalized spacial score (nSPS) is 18.1. The fourth-order valence-electron chi connectivity index (χ4n) is 3.38. The van der Waals surface area contributed by atoms with Crippen molar-refractivity contribution in [2.75, 3.05) is 0 Å². The number of rotatable bonds is 5. The summed E-state index contributed by atoms with van der Waals surface area (Å²) < 4.78 is 0. The zero-order valence-electron chi connectivity index (χ0n) is 12.6. The first-order valence-electron chi connectivity index (χ1n) is 7.89. The number of hydrogen-bond donors (Lipinski definition) is 1. The van der Waals surface area contributed by atoms with Crippen LogP contribution in [-0.2, 0) is 4.79 Å². The molecule has 1 fully saturated rings. The summed E-state index contributed by atoms with van der Waals surface area (Å²) in [5.74, 6) is 0.481. The summed E-state index contributed by atoms with van der Waals surface area (Å²) in [6.07, 6.45) is 6.91. The van der Waals surface area contributed by atoms with Crippen molar-refractivity contribution < 1.29 is 9.90 Å². The van der Waals surface area contributed by atoms with Crippen molar-refractivity contribution in [3.63, 3.8) is 0 Å². The Labute approximate surface area is 122 Å². The quantitative estimate of drug-likeness (QED) is 0.825. The van der Waals surface area contributed by atoms with Crippen LogP contribution in [0, 0.1) is 5.92 Å². The van der Waals surface area contributed by atoms with Gasteiger partial charge in [-0.2, -0.15) is 0 Å². The highest BCUT2D eigenvalue weighted by Crippen LogP contribution is 2.34. The standard InChI is InChI=1S/C18H26O2/c1-13(2)17(12-18(19)20)16-10-8-15(9-11-16)14-6-4-3-5-7-14/h8-11,13-14,17H,3-7,12H2,1-2H3,(H,19,20)/t17-/m1/s1. The van der Waals surface area contributed by atoms with Gasteiger partial charge in [0, 0.05) is 0 Å². The van der Waals surface area contributed by atoms with Gasteiger partial charge in [0.1, 0.15) is 0 Å². The summed E-state index contributed by atoms with van der Waals surface area (Å²) in [7, 11) is 0. The molecular weight excluding hydrogens is 248 g/mol. The van der Waals surface area contributed by atoms with Gasteiger partial charge in [-0.15, -0.1) is 0 Å². The average Bonchev–Trinajstić information content (AvgIpc) is 2.45. The molecule has 1 aromatic carbocycles. The second-order valence-electron chi connectivity index (χ2n) is 6.45. The molecule has 1 aliphatic carbocycles. The predicted octanol–water partition coefficient (Wildman–Crippen LogP) is 4.95. The minimum Gasteiger partial charge on any atom is -0.481 e. The van der Waals surface area contributed by atoms with Crippen LogP contribution in [0.2, 0.25) is 0 Å².